The van der Waals surface area contributed by atoms with Crippen molar-refractivity contribution in [1.29, 1.82) is 0 Å². The van der Waals surface area contributed by atoms with Gasteiger partial charge in [-0.25, -0.2) is 0 Å². The molecule has 5 nitrogen and oxygen atoms in total. The maximum absolute atomic E-state index is 11.0. The van der Waals surface area contributed by atoms with Gasteiger partial charge in [-0.2, -0.15) is 0 Å². The molecule has 0 radical (unpaired) electrons. The number of benzene rings is 2. The van der Waals surface area contributed by atoms with Gasteiger partial charge in [-0.3, -0.25) is 14.9 Å². The summed E-state index contributed by atoms with van der Waals surface area (Å²) < 4.78 is 5.47. The molecule has 0 heterocycles. The molecular formula is C13H8ClNO4. The van der Waals surface area contributed by atoms with Crippen molar-refractivity contribution in [3.63, 3.8) is 0 Å². The van der Waals surface area contributed by atoms with Crippen LogP contribution in [-0.2, 0) is 0 Å². The first-order chi connectivity index (χ1) is 9.06. The highest BCUT2D eigenvalue weighted by Gasteiger charge is 2.06. The van der Waals surface area contributed by atoms with E-state index in [1.807, 2.05) is 0 Å². The quantitative estimate of drug-likeness (QED) is 0.484. The number of non-ortho nitro benzene ring substituents is 1. The first kappa shape index (κ1) is 13.0. The van der Waals surface area contributed by atoms with Gasteiger partial charge in [0.25, 0.3) is 10.9 Å². The predicted molar refractivity (Wildman–Crippen MR) is 69.8 cm³/mol. The van der Waals surface area contributed by atoms with Gasteiger partial charge in [0.05, 0.1) is 4.92 Å². The molecule has 2 aromatic rings. The minimum Gasteiger partial charge on any atom is -0.457 e. The molecule has 0 saturated carbocycles. The van der Waals surface area contributed by atoms with E-state index in [0.29, 0.717) is 17.1 Å². The zero-order valence-electron chi connectivity index (χ0n) is 9.58. The van der Waals surface area contributed by atoms with Crippen LogP contribution in [0.5, 0.6) is 11.5 Å². The van der Waals surface area contributed by atoms with Crippen LogP contribution in [0.4, 0.5) is 5.69 Å². The number of nitrogens with zero attached hydrogens (tertiary/aromatic N) is 1. The Bertz CT molecular complexity index is 625. The first-order valence-corrected chi connectivity index (χ1v) is 5.66. The summed E-state index contributed by atoms with van der Waals surface area (Å²) in [7, 11) is 0. The van der Waals surface area contributed by atoms with Crippen molar-refractivity contribution in [3.05, 3.63) is 64.2 Å². The summed E-state index contributed by atoms with van der Waals surface area (Å²) in [5.74, 6) is 0.866. The number of halogens is 1. The number of hydrogen-bond donors (Lipinski definition) is 0. The van der Waals surface area contributed by atoms with E-state index in [1.54, 1.807) is 18.2 Å². The van der Waals surface area contributed by atoms with Crippen LogP contribution < -0.4 is 4.74 Å². The Morgan fingerprint density at radius 2 is 1.79 bits per heavy atom. The molecule has 96 valence electrons. The molecule has 0 unspecified atom stereocenters. The molecule has 2 rings (SSSR count). The summed E-state index contributed by atoms with van der Waals surface area (Å²) >= 11 is 5.36. The van der Waals surface area contributed by atoms with Crippen molar-refractivity contribution in [1.82, 2.24) is 0 Å². The normalized spacial score (nSPS) is 9.95. The standard InChI is InChI=1S/C13H8ClNO4/c14-13(16)9-2-1-3-12(8-9)19-11-6-4-10(5-7-11)15(17)18/h1-8H. The van der Waals surface area contributed by atoms with Crippen molar-refractivity contribution in [2.24, 2.45) is 0 Å². The van der Waals surface area contributed by atoms with E-state index in [0.717, 1.165) is 0 Å². The highest BCUT2D eigenvalue weighted by molar-refractivity contribution is 6.67. The topological polar surface area (TPSA) is 69.4 Å². The Kier molecular flexibility index (Phi) is 3.77. The third-order valence-electron chi connectivity index (χ3n) is 2.34. The lowest BCUT2D eigenvalue weighted by Crippen LogP contribution is -1.91. The molecule has 0 bridgehead atoms. The number of rotatable bonds is 4. The number of carbonyl (C=O) groups is 1. The number of carbonyl (C=O) groups excluding carboxylic acids is 1. The first-order valence-electron chi connectivity index (χ1n) is 5.28. The fourth-order valence-electron chi connectivity index (χ4n) is 1.45. The summed E-state index contributed by atoms with van der Waals surface area (Å²) in [6.45, 7) is 0. The Morgan fingerprint density at radius 3 is 2.37 bits per heavy atom. The third kappa shape index (κ3) is 3.29. The summed E-state index contributed by atoms with van der Waals surface area (Å²) in [6, 6.07) is 12.0. The van der Waals surface area contributed by atoms with Crippen LogP contribution in [0.3, 0.4) is 0 Å². The second-order valence-corrected chi connectivity index (χ2v) is 4.00. The zero-order valence-corrected chi connectivity index (χ0v) is 10.3. The average Bonchev–Trinajstić information content (AvgIpc) is 2.39. The van der Waals surface area contributed by atoms with Crippen LogP contribution in [0.25, 0.3) is 0 Å². The van der Waals surface area contributed by atoms with Crippen LogP contribution in [0.2, 0.25) is 0 Å². The lowest BCUT2D eigenvalue weighted by atomic mass is 10.2. The molecule has 0 aromatic heterocycles. The summed E-state index contributed by atoms with van der Waals surface area (Å²) in [4.78, 5) is 21.0. The highest BCUT2D eigenvalue weighted by Crippen LogP contribution is 2.24. The summed E-state index contributed by atoms with van der Waals surface area (Å²) in [5, 5.41) is 9.93. The van der Waals surface area contributed by atoms with Gasteiger partial charge in [-0.15, -0.1) is 0 Å². The molecule has 0 aliphatic heterocycles. The van der Waals surface area contributed by atoms with Crippen LogP contribution in [0.15, 0.2) is 48.5 Å². The van der Waals surface area contributed by atoms with Crippen molar-refractivity contribution in [2.45, 2.75) is 0 Å². The van der Waals surface area contributed by atoms with Crippen LogP contribution in [0, 0.1) is 10.1 Å². The Hall–Kier alpha value is -2.40. The summed E-state index contributed by atoms with van der Waals surface area (Å²) in [6.07, 6.45) is 0. The predicted octanol–water partition coefficient (Wildman–Crippen LogP) is 3.77. The molecule has 6 heteroatoms. The lowest BCUT2D eigenvalue weighted by Gasteiger charge is -2.05. The van der Waals surface area contributed by atoms with Crippen LogP contribution in [-0.4, -0.2) is 10.2 Å². The van der Waals surface area contributed by atoms with Gasteiger partial charge in [0, 0.05) is 17.7 Å². The van der Waals surface area contributed by atoms with Crippen molar-refractivity contribution in [3.8, 4) is 11.5 Å². The molecule has 0 spiro atoms. The van der Waals surface area contributed by atoms with E-state index in [-0.39, 0.29) is 5.69 Å². The maximum Gasteiger partial charge on any atom is 0.269 e. The molecule has 0 atom stereocenters. The SMILES string of the molecule is O=C(Cl)c1cccc(Oc2ccc([N+](=O)[O-])cc2)c1. The monoisotopic (exact) mass is 277 g/mol. The number of ether oxygens (including phenoxy) is 1. The van der Waals surface area contributed by atoms with Gasteiger partial charge in [0.1, 0.15) is 11.5 Å². The van der Waals surface area contributed by atoms with Crippen LogP contribution >= 0.6 is 11.6 Å². The minimum absolute atomic E-state index is 0.0166. The van der Waals surface area contributed by atoms with Crippen molar-refractivity contribution >= 4 is 22.5 Å². The summed E-state index contributed by atoms with van der Waals surface area (Å²) in [5.41, 5.74) is 0.304. The number of hydrogen-bond acceptors (Lipinski definition) is 4. The van der Waals surface area contributed by atoms with Gasteiger partial charge in [0.2, 0.25) is 0 Å². The van der Waals surface area contributed by atoms with Crippen molar-refractivity contribution in [2.75, 3.05) is 0 Å². The number of nitro groups is 1. The van der Waals surface area contributed by atoms with E-state index in [2.05, 4.69) is 0 Å². The second-order valence-electron chi connectivity index (χ2n) is 3.65. The van der Waals surface area contributed by atoms with E-state index >= 15 is 0 Å². The Balaban J connectivity index is 2.19. The van der Waals surface area contributed by atoms with E-state index in [9.17, 15) is 14.9 Å². The maximum atomic E-state index is 11.0. The molecule has 2 aromatic carbocycles. The van der Waals surface area contributed by atoms with Gasteiger partial charge < -0.3 is 4.74 Å². The van der Waals surface area contributed by atoms with Gasteiger partial charge in [-0.1, -0.05) is 6.07 Å². The molecule has 0 N–H and O–H groups in total. The fraction of sp³-hybridized carbons (Fsp3) is 0. The van der Waals surface area contributed by atoms with Gasteiger partial charge in [0.15, 0.2) is 0 Å². The van der Waals surface area contributed by atoms with E-state index in [1.165, 1.54) is 30.3 Å². The van der Waals surface area contributed by atoms with Crippen molar-refractivity contribution < 1.29 is 14.5 Å². The van der Waals surface area contributed by atoms with Crippen LogP contribution in [0.1, 0.15) is 10.4 Å². The smallest absolute Gasteiger partial charge is 0.269 e. The Morgan fingerprint density at radius 1 is 1.11 bits per heavy atom. The third-order valence-corrected chi connectivity index (χ3v) is 2.56. The zero-order chi connectivity index (χ0) is 13.8. The average molecular weight is 278 g/mol. The number of nitro benzene ring substituents is 1. The molecule has 0 fully saturated rings. The highest BCUT2D eigenvalue weighted by atomic mass is 35.5. The molecule has 0 amide bonds. The van der Waals surface area contributed by atoms with E-state index < -0.39 is 10.2 Å². The molecule has 0 aliphatic carbocycles. The van der Waals surface area contributed by atoms with Gasteiger partial charge in [-0.05, 0) is 41.9 Å². The van der Waals surface area contributed by atoms with E-state index in [4.69, 9.17) is 16.3 Å². The van der Waals surface area contributed by atoms with Gasteiger partial charge >= 0.3 is 0 Å². The second kappa shape index (κ2) is 5.49. The molecular weight excluding hydrogens is 270 g/mol. The Labute approximate surface area is 113 Å². The minimum atomic E-state index is -0.575. The largest absolute Gasteiger partial charge is 0.457 e. The molecule has 0 aliphatic rings. The molecule has 0 saturated heterocycles. The lowest BCUT2D eigenvalue weighted by molar-refractivity contribution is -0.384. The molecule has 19 heavy (non-hydrogen) atoms. The fourth-order valence-corrected chi connectivity index (χ4v) is 1.57.